The van der Waals surface area contributed by atoms with Crippen molar-refractivity contribution in [1.29, 1.82) is 0 Å². The molecule has 7 atom stereocenters. The van der Waals surface area contributed by atoms with Gasteiger partial charge in [0.15, 0.2) is 0 Å². The van der Waals surface area contributed by atoms with Gasteiger partial charge >= 0.3 is 12.2 Å². The molecule has 4 N–H and O–H groups in total. The Morgan fingerprint density at radius 1 is 0.791 bits per heavy atom. The average Bonchev–Trinajstić information content (AvgIpc) is 4.23. The fourth-order valence-electron chi connectivity index (χ4n) is 10.7. The summed E-state index contributed by atoms with van der Waals surface area (Å²) in [5.41, 5.74) is 5.04. The van der Waals surface area contributed by atoms with Crippen LogP contribution in [0.25, 0.3) is 44.5 Å². The van der Waals surface area contributed by atoms with Gasteiger partial charge in [-0.1, -0.05) is 60.7 Å². The highest BCUT2D eigenvalue weighted by molar-refractivity contribution is 5.90. The van der Waals surface area contributed by atoms with E-state index in [0.29, 0.717) is 75.6 Å². The van der Waals surface area contributed by atoms with Gasteiger partial charge in [0.2, 0.25) is 5.91 Å². The summed E-state index contributed by atoms with van der Waals surface area (Å²) in [7, 11) is 3.97. The number of carbonyl (C=O) groups excluding carboxylic acids is 4. The molecule has 2 unspecified atom stereocenters. The summed E-state index contributed by atoms with van der Waals surface area (Å²) in [6.07, 6.45) is 3.46. The average molecular weight is 913 g/mol. The fraction of sp³-hybridized carbons (Fsp3) is 0.360. The van der Waals surface area contributed by atoms with Crippen molar-refractivity contribution < 1.29 is 42.2 Å². The van der Waals surface area contributed by atoms with Gasteiger partial charge in [0.05, 0.1) is 55.3 Å². The Kier molecular flexibility index (Phi) is 11.3. The maximum absolute atomic E-state index is 16.7. The molecule has 4 amide bonds. The first-order chi connectivity index (χ1) is 32.4. The van der Waals surface area contributed by atoms with Crippen molar-refractivity contribution in [3.8, 4) is 33.5 Å². The normalized spacial score (nSPS) is 21.4. The first-order valence-electron chi connectivity index (χ1n) is 22.5. The van der Waals surface area contributed by atoms with Crippen molar-refractivity contribution in [3.05, 3.63) is 119 Å². The number of aromatic nitrogens is 4. The Labute approximate surface area is 384 Å². The molecule has 2 saturated heterocycles. The van der Waals surface area contributed by atoms with Crippen molar-refractivity contribution in [2.24, 2.45) is 5.92 Å². The van der Waals surface area contributed by atoms with Gasteiger partial charge in [0.25, 0.3) is 11.8 Å². The molecule has 4 heterocycles. The first-order valence-corrected chi connectivity index (χ1v) is 22.5. The minimum Gasteiger partial charge on any atom is -0.453 e. The van der Waals surface area contributed by atoms with Crippen LogP contribution >= 0.6 is 0 Å². The number of hydrogen-bond donors (Lipinski definition) is 4. The predicted octanol–water partition coefficient (Wildman–Crippen LogP) is 8.31. The number of methoxy groups -OCH3 is 3. The second-order valence-corrected chi connectivity index (χ2v) is 17.8. The Morgan fingerprint density at radius 2 is 1.48 bits per heavy atom. The van der Waals surface area contributed by atoms with E-state index in [-0.39, 0.29) is 40.9 Å². The second-order valence-electron chi connectivity index (χ2n) is 17.8. The Bertz CT molecular complexity index is 2900. The van der Waals surface area contributed by atoms with Crippen LogP contribution in [0.4, 0.5) is 18.4 Å². The lowest BCUT2D eigenvalue weighted by atomic mass is 9.97. The van der Waals surface area contributed by atoms with E-state index in [1.807, 2.05) is 35.2 Å². The fourth-order valence-corrected chi connectivity index (χ4v) is 10.7. The number of H-pyrrole nitrogens is 2. The van der Waals surface area contributed by atoms with Crippen molar-refractivity contribution in [2.75, 3.05) is 27.9 Å². The number of benzene rings is 4. The van der Waals surface area contributed by atoms with Gasteiger partial charge in [-0.25, -0.2) is 19.6 Å². The van der Waals surface area contributed by atoms with E-state index in [9.17, 15) is 19.2 Å². The summed E-state index contributed by atoms with van der Waals surface area (Å²) < 4.78 is 48.5. The largest absolute Gasteiger partial charge is 0.453 e. The van der Waals surface area contributed by atoms with Crippen molar-refractivity contribution in [3.63, 3.8) is 0 Å². The molecule has 2 aliphatic carbocycles. The summed E-state index contributed by atoms with van der Waals surface area (Å²) in [6.45, 7) is 2.17. The van der Waals surface area contributed by atoms with Gasteiger partial charge in [0, 0.05) is 36.4 Å². The topological polar surface area (TPSA) is 184 Å². The summed E-state index contributed by atoms with van der Waals surface area (Å²) in [5.74, 6) is -2.57. The van der Waals surface area contributed by atoms with E-state index in [1.54, 1.807) is 66.6 Å². The van der Waals surface area contributed by atoms with Crippen molar-refractivity contribution in [1.82, 2.24) is 40.4 Å². The lowest BCUT2D eigenvalue weighted by Crippen LogP contribution is -2.56. The van der Waals surface area contributed by atoms with Gasteiger partial charge in [-0.3, -0.25) is 9.59 Å². The smallest absolute Gasteiger partial charge is 0.407 e. The third-order valence-corrected chi connectivity index (χ3v) is 14.1. The minimum atomic E-state index is -3.31. The molecular weight excluding hydrogens is 863 g/mol. The number of carbonyl (C=O) groups is 4. The lowest BCUT2D eigenvalue weighted by molar-refractivity contribution is -0.141. The molecule has 15 nitrogen and oxygen atoms in total. The number of nitrogens with zero attached hydrogens (tertiary/aromatic N) is 4. The van der Waals surface area contributed by atoms with Gasteiger partial charge in [-0.15, -0.1) is 0 Å². The molecular formula is C50H50F2N8O7. The molecule has 346 valence electrons. The molecule has 17 heteroatoms. The molecule has 2 bridgehead atoms. The number of alkyl carbamates (subject to hydrolysis) is 2. The summed E-state index contributed by atoms with van der Waals surface area (Å²) >= 11 is 0. The van der Waals surface area contributed by atoms with E-state index >= 15 is 8.78 Å². The van der Waals surface area contributed by atoms with Crippen LogP contribution < -0.4 is 10.6 Å². The zero-order chi connectivity index (χ0) is 46.7. The number of rotatable bonds is 11. The van der Waals surface area contributed by atoms with Gasteiger partial charge in [0.1, 0.15) is 23.7 Å². The Hall–Kier alpha value is -7.14. The number of amides is 4. The lowest BCUT2D eigenvalue weighted by Gasteiger charge is -2.37. The maximum Gasteiger partial charge on any atom is 0.407 e. The number of fused-ring (bicyclic) bond motifs is 6. The van der Waals surface area contributed by atoms with E-state index in [4.69, 9.17) is 19.2 Å². The molecule has 10 rings (SSSR count). The van der Waals surface area contributed by atoms with Crippen LogP contribution in [0.5, 0.6) is 0 Å². The minimum absolute atomic E-state index is 0.0135. The highest BCUT2D eigenvalue weighted by atomic mass is 19.3. The monoisotopic (exact) mass is 912 g/mol. The number of alkyl halides is 2. The highest BCUT2D eigenvalue weighted by Gasteiger charge is 2.52. The molecule has 6 aromatic rings. The number of nitrogens with one attached hydrogen (secondary N) is 4. The van der Waals surface area contributed by atoms with Crippen LogP contribution in [-0.4, -0.2) is 99.8 Å². The summed E-state index contributed by atoms with van der Waals surface area (Å²) in [6, 6.07) is 22.0. The third-order valence-electron chi connectivity index (χ3n) is 14.1. The van der Waals surface area contributed by atoms with Crippen LogP contribution in [0.2, 0.25) is 0 Å². The Morgan fingerprint density at radius 3 is 2.21 bits per heavy atom. The number of ether oxygens (including phenoxy) is 3. The predicted molar refractivity (Wildman–Crippen MR) is 242 cm³/mol. The molecule has 2 aromatic heterocycles. The third kappa shape index (κ3) is 7.64. The SMILES string of the molecule is COC(=O)N[C@H](C(=O)N1C2CCC(C2)[C@H]1c1nc2ccc(-c3ccc4c(c3)C(F)(F)c3cc(-c5cnc([C@@H]6CCCN6C(=O)[C@H](NC(=O)OC)c6ccccc6)[nH]5)ccc3-4)cc2[nH]1)[C@@H](C)OC. The van der Waals surface area contributed by atoms with Gasteiger partial charge in [-0.2, -0.15) is 8.78 Å². The first kappa shape index (κ1) is 43.7. The van der Waals surface area contributed by atoms with Crippen LogP contribution in [0.1, 0.15) is 85.5 Å². The molecule has 0 spiro atoms. The van der Waals surface area contributed by atoms with Crippen molar-refractivity contribution in [2.45, 2.75) is 81.3 Å². The number of likely N-dealkylation sites (tertiary alicyclic amines) is 2. The van der Waals surface area contributed by atoms with Crippen molar-refractivity contribution >= 4 is 35.0 Å². The number of halogens is 2. The van der Waals surface area contributed by atoms with E-state index in [2.05, 4.69) is 25.6 Å². The van der Waals surface area contributed by atoms with E-state index in [1.165, 1.54) is 27.4 Å². The standard InChI is InChI=1S/C50H50F2N8O7/c1-26(65-2)41(57-48(63)66-3)47(62)60-32-16-12-31(21-32)43(60)45-54-37-19-15-29(24-38(37)55-45)28-13-17-33-34-18-14-30(23-36(34)50(51,52)35(33)22-28)39-25-53-44(56-39)40-11-8-20-59(40)46(61)42(58-49(64)67-4)27-9-6-5-7-10-27/h5-7,9-10,13-15,17-19,22-26,31-32,40-43H,8,11-12,16,20-21H2,1-4H3,(H,53,56)(H,54,55)(H,57,63)(H,58,64)/t26-,31?,32?,40+,41+,42-,43+/m1/s1. The van der Waals surface area contributed by atoms with Gasteiger partial charge < -0.3 is 44.6 Å². The van der Waals surface area contributed by atoms with Gasteiger partial charge in [-0.05, 0) is 97.0 Å². The quantitative estimate of drug-likeness (QED) is 0.0993. The summed E-state index contributed by atoms with van der Waals surface area (Å²) in [4.78, 5) is 72.6. The molecule has 2 aliphatic heterocycles. The zero-order valence-electron chi connectivity index (χ0n) is 37.3. The van der Waals surface area contributed by atoms with Crippen LogP contribution in [-0.2, 0) is 29.7 Å². The molecule has 67 heavy (non-hydrogen) atoms. The van der Waals surface area contributed by atoms with Crippen LogP contribution in [0, 0.1) is 5.92 Å². The van der Waals surface area contributed by atoms with E-state index in [0.717, 1.165) is 24.8 Å². The molecule has 4 aliphatic rings. The molecule has 1 saturated carbocycles. The Balaban J connectivity index is 0.886. The highest BCUT2D eigenvalue weighted by Crippen LogP contribution is 2.53. The summed E-state index contributed by atoms with van der Waals surface area (Å²) in [5, 5.41) is 5.33. The number of imidazole rings is 2. The zero-order valence-corrected chi connectivity index (χ0v) is 37.3. The maximum atomic E-state index is 16.7. The van der Waals surface area contributed by atoms with Crippen LogP contribution in [0.15, 0.2) is 91.1 Å². The number of piperidine rings is 1. The molecule has 0 radical (unpaired) electrons. The van der Waals surface area contributed by atoms with E-state index < -0.39 is 42.3 Å². The number of hydrogen-bond acceptors (Lipinski definition) is 9. The second kappa shape index (κ2) is 17.3. The molecule has 3 fully saturated rings. The molecule has 4 aromatic carbocycles. The number of aromatic amines is 2. The van der Waals surface area contributed by atoms with Crippen LogP contribution in [0.3, 0.4) is 0 Å².